The van der Waals surface area contributed by atoms with Crippen molar-refractivity contribution in [3.05, 3.63) is 23.8 Å². The topological polar surface area (TPSA) is 114 Å². The molecule has 1 aliphatic heterocycles. The van der Waals surface area contributed by atoms with Crippen molar-refractivity contribution >= 4 is 29.1 Å². The van der Waals surface area contributed by atoms with Gasteiger partial charge in [-0.3, -0.25) is 19.7 Å². The highest BCUT2D eigenvalue weighted by atomic mass is 19.4. The summed E-state index contributed by atoms with van der Waals surface area (Å²) in [7, 11) is 0. The Morgan fingerprint density at radius 3 is 2.62 bits per heavy atom. The predicted octanol–water partition coefficient (Wildman–Crippen LogP) is 0.861. The van der Waals surface area contributed by atoms with Crippen LogP contribution >= 0.6 is 0 Å². The average molecular weight is 414 g/mol. The molecule has 158 valence electrons. The zero-order valence-corrected chi connectivity index (χ0v) is 15.4. The summed E-state index contributed by atoms with van der Waals surface area (Å²) in [5.41, 5.74) is 3.68. The van der Waals surface area contributed by atoms with E-state index in [1.54, 1.807) is 0 Å². The summed E-state index contributed by atoms with van der Waals surface area (Å²) in [5.74, 6) is -1.99. The second-order valence-electron chi connectivity index (χ2n) is 7.00. The second kappa shape index (κ2) is 8.37. The van der Waals surface area contributed by atoms with E-state index in [2.05, 4.69) is 10.6 Å². The maximum Gasteiger partial charge on any atom is 0.418 e. The third-order valence-electron chi connectivity index (χ3n) is 4.70. The molecule has 2 aliphatic rings. The molecule has 11 heteroatoms. The number of alkyl halides is 3. The molecule has 1 aromatic carbocycles. The molecule has 2 fully saturated rings. The quantitative estimate of drug-likeness (QED) is 0.573. The summed E-state index contributed by atoms with van der Waals surface area (Å²) < 4.78 is 45.7. The van der Waals surface area contributed by atoms with E-state index in [0.717, 1.165) is 29.9 Å². The largest absolute Gasteiger partial charge is 0.418 e. The molecule has 1 saturated carbocycles. The van der Waals surface area contributed by atoms with Gasteiger partial charge in [0.1, 0.15) is 6.61 Å². The number of halogens is 3. The highest BCUT2D eigenvalue weighted by molar-refractivity contribution is 6.09. The van der Waals surface area contributed by atoms with Gasteiger partial charge >= 0.3 is 6.18 Å². The molecule has 8 nitrogen and oxygen atoms in total. The van der Waals surface area contributed by atoms with Crippen molar-refractivity contribution in [1.82, 2.24) is 5.32 Å². The lowest BCUT2D eigenvalue weighted by atomic mass is 10.1. The van der Waals surface area contributed by atoms with Gasteiger partial charge in [-0.15, -0.1) is 0 Å². The fourth-order valence-corrected chi connectivity index (χ4v) is 2.99. The Balaban J connectivity index is 1.81. The van der Waals surface area contributed by atoms with Gasteiger partial charge in [0, 0.05) is 12.2 Å². The van der Waals surface area contributed by atoms with E-state index in [4.69, 9.17) is 10.5 Å². The van der Waals surface area contributed by atoms with E-state index in [9.17, 15) is 27.6 Å². The van der Waals surface area contributed by atoms with Gasteiger partial charge in [-0.25, -0.2) is 0 Å². The van der Waals surface area contributed by atoms with Crippen LogP contribution in [0.3, 0.4) is 0 Å². The van der Waals surface area contributed by atoms with Crippen molar-refractivity contribution in [2.45, 2.75) is 25.1 Å². The van der Waals surface area contributed by atoms with Crippen LogP contribution in [0.5, 0.6) is 0 Å². The van der Waals surface area contributed by atoms with Crippen LogP contribution in [0.25, 0.3) is 0 Å². The van der Waals surface area contributed by atoms with Gasteiger partial charge in [0.05, 0.1) is 17.9 Å². The van der Waals surface area contributed by atoms with Crippen LogP contribution in [-0.2, 0) is 25.3 Å². The standard InChI is InChI=1S/C18H21F3N4O4/c19-18(20,21)12-7-11(3-4-13(12)25-5-6-29-9-14(25)26)24-17(28)15(16(22)27)23-8-10-1-2-10/h3-4,7,10,15,23H,1-2,5-6,8-9H2,(H2,22,27)(H,24,28)/t15-/m0/s1. The zero-order valence-electron chi connectivity index (χ0n) is 15.4. The first-order valence-corrected chi connectivity index (χ1v) is 9.09. The van der Waals surface area contributed by atoms with Gasteiger partial charge < -0.3 is 20.7 Å². The Morgan fingerprint density at radius 1 is 1.31 bits per heavy atom. The number of carbonyl (C=O) groups excluding carboxylic acids is 3. The summed E-state index contributed by atoms with van der Waals surface area (Å²) in [4.78, 5) is 36.8. The van der Waals surface area contributed by atoms with Crippen LogP contribution in [0.15, 0.2) is 18.2 Å². The number of rotatable bonds is 7. The molecule has 0 unspecified atom stereocenters. The van der Waals surface area contributed by atoms with E-state index >= 15 is 0 Å². The van der Waals surface area contributed by atoms with E-state index in [-0.39, 0.29) is 31.1 Å². The minimum absolute atomic E-state index is 0.0115. The van der Waals surface area contributed by atoms with E-state index in [1.165, 1.54) is 6.07 Å². The van der Waals surface area contributed by atoms with Crippen LogP contribution in [-0.4, -0.2) is 50.1 Å². The first kappa shape index (κ1) is 21.1. The lowest BCUT2D eigenvalue weighted by Crippen LogP contribution is -2.50. The first-order valence-electron chi connectivity index (χ1n) is 9.09. The maximum absolute atomic E-state index is 13.6. The normalized spacial score (nSPS) is 18.4. The fraction of sp³-hybridized carbons (Fsp3) is 0.500. The molecule has 3 amide bonds. The molecule has 1 saturated heterocycles. The van der Waals surface area contributed by atoms with Gasteiger partial charge in [-0.1, -0.05) is 0 Å². The third kappa shape index (κ3) is 5.24. The first-order chi connectivity index (χ1) is 13.7. The zero-order chi connectivity index (χ0) is 21.2. The van der Waals surface area contributed by atoms with Gasteiger partial charge in [0.2, 0.25) is 5.91 Å². The Morgan fingerprint density at radius 2 is 2.03 bits per heavy atom. The summed E-state index contributed by atoms with van der Waals surface area (Å²) in [6.07, 6.45) is -2.80. The summed E-state index contributed by atoms with van der Waals surface area (Å²) in [6.45, 7) is 0.229. The smallest absolute Gasteiger partial charge is 0.370 e. The monoisotopic (exact) mass is 414 g/mol. The molecule has 4 N–H and O–H groups in total. The molecular weight excluding hydrogens is 393 g/mol. The lowest BCUT2D eigenvalue weighted by molar-refractivity contribution is -0.137. The maximum atomic E-state index is 13.6. The number of ether oxygens (including phenoxy) is 1. The SMILES string of the molecule is NC(=O)[C@H](NCC1CC1)C(=O)Nc1ccc(N2CCOCC2=O)c(C(F)(F)F)c1. The number of benzene rings is 1. The lowest BCUT2D eigenvalue weighted by Gasteiger charge is -2.29. The van der Waals surface area contributed by atoms with Crippen LogP contribution in [0.1, 0.15) is 18.4 Å². The van der Waals surface area contributed by atoms with Crippen LogP contribution < -0.4 is 21.3 Å². The molecule has 29 heavy (non-hydrogen) atoms. The second-order valence-corrected chi connectivity index (χ2v) is 7.00. The molecule has 0 radical (unpaired) electrons. The van der Waals surface area contributed by atoms with Crippen molar-refractivity contribution in [1.29, 1.82) is 0 Å². The number of carbonyl (C=O) groups is 3. The molecule has 1 aromatic rings. The number of anilines is 2. The molecule has 0 spiro atoms. The third-order valence-corrected chi connectivity index (χ3v) is 4.70. The van der Waals surface area contributed by atoms with Crippen molar-refractivity contribution in [2.24, 2.45) is 11.7 Å². The number of primary amides is 1. The number of amides is 3. The number of hydrogen-bond donors (Lipinski definition) is 3. The van der Waals surface area contributed by atoms with E-state index in [1.807, 2.05) is 0 Å². The van der Waals surface area contributed by atoms with Crippen molar-refractivity contribution < 1.29 is 32.3 Å². The molecule has 1 aliphatic carbocycles. The molecule has 0 bridgehead atoms. The summed E-state index contributed by atoms with van der Waals surface area (Å²) >= 11 is 0. The molecule has 3 rings (SSSR count). The Bertz CT molecular complexity index is 811. The number of morpholine rings is 1. The molecular formula is C18H21F3N4O4. The van der Waals surface area contributed by atoms with Crippen molar-refractivity contribution in [3.8, 4) is 0 Å². The molecule has 0 aromatic heterocycles. The van der Waals surface area contributed by atoms with E-state index < -0.39 is 35.5 Å². The number of hydrogen-bond acceptors (Lipinski definition) is 5. The fourth-order valence-electron chi connectivity index (χ4n) is 2.99. The average Bonchev–Trinajstić information content (AvgIpc) is 3.46. The predicted molar refractivity (Wildman–Crippen MR) is 97.0 cm³/mol. The highest BCUT2D eigenvalue weighted by Crippen LogP contribution is 2.38. The minimum atomic E-state index is -4.76. The summed E-state index contributed by atoms with van der Waals surface area (Å²) in [6, 6.07) is 1.72. The Labute approximate surface area is 164 Å². The Kier molecular flexibility index (Phi) is 6.08. The number of nitrogens with zero attached hydrogens (tertiary/aromatic N) is 1. The van der Waals surface area contributed by atoms with Crippen LogP contribution in [0.2, 0.25) is 0 Å². The van der Waals surface area contributed by atoms with Gasteiger partial charge in [-0.2, -0.15) is 13.2 Å². The minimum Gasteiger partial charge on any atom is -0.370 e. The van der Waals surface area contributed by atoms with Crippen molar-refractivity contribution in [2.75, 3.05) is 36.5 Å². The van der Waals surface area contributed by atoms with Gasteiger partial charge in [-0.05, 0) is 43.5 Å². The van der Waals surface area contributed by atoms with Crippen LogP contribution in [0.4, 0.5) is 24.5 Å². The summed E-state index contributed by atoms with van der Waals surface area (Å²) in [5, 5.41) is 5.03. The molecule has 1 heterocycles. The molecule has 1 atom stereocenters. The number of nitrogens with one attached hydrogen (secondary N) is 2. The van der Waals surface area contributed by atoms with Gasteiger partial charge in [0.25, 0.3) is 11.8 Å². The Hall–Kier alpha value is -2.66. The highest BCUT2D eigenvalue weighted by Gasteiger charge is 2.37. The van der Waals surface area contributed by atoms with Gasteiger partial charge in [0.15, 0.2) is 6.04 Å². The van der Waals surface area contributed by atoms with Crippen LogP contribution in [0, 0.1) is 5.92 Å². The number of nitrogens with two attached hydrogens (primary N) is 1. The van der Waals surface area contributed by atoms with Crippen molar-refractivity contribution in [3.63, 3.8) is 0 Å². The van der Waals surface area contributed by atoms with E-state index in [0.29, 0.717) is 12.5 Å².